The van der Waals surface area contributed by atoms with Gasteiger partial charge >= 0.3 is 0 Å². The predicted molar refractivity (Wildman–Crippen MR) is 106 cm³/mol. The lowest BCUT2D eigenvalue weighted by molar-refractivity contribution is -0.0934. The van der Waals surface area contributed by atoms with Crippen LogP contribution in [0.1, 0.15) is 13.2 Å². The van der Waals surface area contributed by atoms with Crippen molar-refractivity contribution in [3.05, 3.63) is 21.2 Å². The van der Waals surface area contributed by atoms with Gasteiger partial charge in [0, 0.05) is 17.6 Å². The van der Waals surface area contributed by atoms with Gasteiger partial charge in [0.1, 0.15) is 42.7 Å². The van der Waals surface area contributed by atoms with E-state index in [2.05, 4.69) is 32.6 Å². The lowest BCUT2D eigenvalue weighted by Crippen LogP contribution is -2.46. The van der Waals surface area contributed by atoms with Crippen molar-refractivity contribution < 1.29 is 19.2 Å². The molecule has 3 rings (SSSR count). The number of hydrogen-bond donors (Lipinski definition) is 1. The summed E-state index contributed by atoms with van der Waals surface area (Å²) < 4.78 is 34.5. The summed E-state index contributed by atoms with van der Waals surface area (Å²) in [5.41, 5.74) is -0.927. The van der Waals surface area contributed by atoms with E-state index in [-0.39, 0.29) is 13.1 Å². The summed E-state index contributed by atoms with van der Waals surface area (Å²) in [6.45, 7) is 3.41. The fourth-order valence-electron chi connectivity index (χ4n) is 3.10. The van der Waals surface area contributed by atoms with E-state index < -0.39 is 31.5 Å². The first-order valence-electron chi connectivity index (χ1n) is 8.82. The van der Waals surface area contributed by atoms with Crippen molar-refractivity contribution in [2.24, 2.45) is 0 Å². The SMILES string of the molecule is [2H][B]COC[C@H]1O[C@@H](n2cc(I)c3c(Cl)ncnc32)[C@@](C)(O)[C@@H]1OB([2H])C. The molecule has 4 atom stereocenters. The summed E-state index contributed by atoms with van der Waals surface area (Å²) >= 11 is 8.33. The Morgan fingerprint density at radius 2 is 2.48 bits per heavy atom. The quantitative estimate of drug-likeness (QED) is 0.277. The van der Waals surface area contributed by atoms with Gasteiger partial charge in [-0.15, -0.1) is 0 Å². The minimum atomic E-state index is -1.46. The topological polar surface area (TPSA) is 78.6 Å². The number of hydrogen-bond acceptors (Lipinski definition) is 6. The second kappa shape index (κ2) is 7.69. The molecule has 0 aliphatic carbocycles. The fraction of sp³-hybridized carbons (Fsp3) is 0.571. The van der Waals surface area contributed by atoms with Crippen molar-refractivity contribution in [1.29, 1.82) is 2.67 Å². The Kier molecular flexibility index (Phi) is 5.16. The van der Waals surface area contributed by atoms with Gasteiger partial charge in [0.2, 0.25) is 0 Å². The van der Waals surface area contributed by atoms with Gasteiger partial charge in [-0.1, -0.05) is 18.4 Å². The number of halogens is 2. The van der Waals surface area contributed by atoms with Crippen molar-refractivity contribution in [2.45, 2.75) is 37.8 Å². The number of nitrogens with zero attached hydrogens (tertiary/aromatic N) is 3. The fourth-order valence-corrected chi connectivity index (χ4v) is 4.29. The standard InChI is InChI=1S/C14H18B2ClIN3O4/c1-14(22)10(25-16-2)8(4-23-5-15)24-13(14)21-3-7(18)9-11(17)19-6-20-12(9)21/h3,6,8,10,13,15-16,22H,4-5H2,1-2H3/t8-,10-,13-,14+/m1/s1/i15D,16D. The van der Waals surface area contributed by atoms with Crippen molar-refractivity contribution in [1.82, 2.24) is 14.5 Å². The zero-order valence-electron chi connectivity index (χ0n) is 15.7. The van der Waals surface area contributed by atoms with E-state index in [1.807, 2.05) is 0 Å². The molecule has 1 N–H and O–H groups in total. The molecule has 1 radical (unpaired) electrons. The summed E-state index contributed by atoms with van der Waals surface area (Å²) in [5, 5.41) is 12.2. The van der Waals surface area contributed by atoms with Crippen LogP contribution >= 0.6 is 34.2 Å². The van der Waals surface area contributed by atoms with Gasteiger partial charge in [-0.2, -0.15) is 0 Å². The second-order valence-electron chi connectivity index (χ2n) is 5.83. The molecule has 1 fully saturated rings. The molecule has 25 heavy (non-hydrogen) atoms. The highest BCUT2D eigenvalue weighted by molar-refractivity contribution is 14.1. The van der Waals surface area contributed by atoms with Gasteiger partial charge in [-0.25, -0.2) is 9.97 Å². The summed E-state index contributed by atoms with van der Waals surface area (Å²) in [6, 6.07) is 0. The third-order valence-corrected chi connectivity index (χ3v) is 5.27. The summed E-state index contributed by atoms with van der Waals surface area (Å²) in [5.74, 6) is 0. The van der Waals surface area contributed by atoms with E-state index in [0.29, 0.717) is 16.2 Å². The molecule has 1 aliphatic heterocycles. The highest BCUT2D eigenvalue weighted by Gasteiger charge is 2.54. The van der Waals surface area contributed by atoms with Crippen LogP contribution in [0.5, 0.6) is 0 Å². The molecule has 0 unspecified atom stereocenters. The third kappa shape index (κ3) is 3.44. The van der Waals surface area contributed by atoms with Gasteiger partial charge < -0.3 is 23.8 Å². The Hall–Kier alpha value is -0.390. The molecule has 0 spiro atoms. The maximum atomic E-state index is 11.2. The van der Waals surface area contributed by atoms with Crippen molar-refractivity contribution in [3.8, 4) is 0 Å². The normalized spacial score (nSPS) is 30.4. The van der Waals surface area contributed by atoms with Crippen LogP contribution in [0.3, 0.4) is 0 Å². The Bertz CT molecular complexity index is 816. The van der Waals surface area contributed by atoms with E-state index >= 15 is 0 Å². The maximum absolute atomic E-state index is 11.2. The summed E-state index contributed by atoms with van der Waals surface area (Å²) in [7, 11) is 0.279. The molecule has 7 nitrogen and oxygen atoms in total. The average molecular weight is 478 g/mol. The van der Waals surface area contributed by atoms with Crippen LogP contribution in [-0.2, 0) is 14.1 Å². The number of ether oxygens (including phenoxy) is 2. The molecule has 2 aromatic rings. The maximum Gasteiger partial charge on any atom is 0.272 e. The minimum absolute atomic E-state index is 0.117. The molecule has 0 saturated carbocycles. The van der Waals surface area contributed by atoms with E-state index in [4.69, 9.17) is 28.4 Å². The van der Waals surface area contributed by atoms with E-state index in [9.17, 15) is 5.11 Å². The van der Waals surface area contributed by atoms with Crippen LogP contribution in [0.2, 0.25) is 12.0 Å². The Morgan fingerprint density at radius 1 is 1.68 bits per heavy atom. The highest BCUT2D eigenvalue weighted by Crippen LogP contribution is 2.42. The van der Waals surface area contributed by atoms with E-state index in [1.54, 1.807) is 24.5 Å². The summed E-state index contributed by atoms with van der Waals surface area (Å²) in [4.78, 5) is 8.30. The monoisotopic (exact) mass is 478 g/mol. The number of fused-ring (bicyclic) bond motifs is 1. The van der Waals surface area contributed by atoms with Gasteiger partial charge in [-0.05, 0) is 30.9 Å². The Morgan fingerprint density at radius 3 is 3.20 bits per heavy atom. The number of aromatic nitrogens is 3. The van der Waals surface area contributed by atoms with Crippen LogP contribution in [0.15, 0.2) is 12.5 Å². The number of rotatable bonds is 7. The predicted octanol–water partition coefficient (Wildman–Crippen LogP) is 0.997. The average Bonchev–Trinajstić information content (AvgIpc) is 3.04. The van der Waals surface area contributed by atoms with Crippen LogP contribution in [-0.4, -0.2) is 68.5 Å². The molecular weight excluding hydrogens is 458 g/mol. The van der Waals surface area contributed by atoms with Gasteiger partial charge in [-0.3, -0.25) is 0 Å². The molecule has 133 valence electrons. The second-order valence-corrected chi connectivity index (χ2v) is 7.35. The Balaban J connectivity index is 1.99. The first kappa shape index (κ1) is 16.8. The smallest absolute Gasteiger partial charge is 0.272 e. The summed E-state index contributed by atoms with van der Waals surface area (Å²) in [6.07, 6.45) is 0.892. The first-order chi connectivity index (χ1) is 12.8. The van der Waals surface area contributed by atoms with Crippen molar-refractivity contribution in [2.75, 3.05) is 13.1 Å². The largest absolute Gasteiger partial charge is 0.432 e. The van der Waals surface area contributed by atoms with Gasteiger partial charge in [0.15, 0.2) is 6.23 Å². The lowest BCUT2D eigenvalue weighted by Gasteiger charge is -2.30. The molecular formula is C14H18B2ClIN3O4. The Labute approximate surface area is 168 Å². The first-order valence-corrected chi connectivity index (χ1v) is 9.13. The molecule has 3 heterocycles. The molecule has 0 aromatic carbocycles. The zero-order valence-corrected chi connectivity index (χ0v) is 16.6. The molecule has 1 saturated heterocycles. The highest BCUT2D eigenvalue weighted by atomic mass is 127. The van der Waals surface area contributed by atoms with Crippen molar-refractivity contribution >= 4 is 60.5 Å². The molecule has 11 heteroatoms. The lowest BCUT2D eigenvalue weighted by atomic mass is 9.93. The molecule has 0 amide bonds. The van der Waals surface area contributed by atoms with E-state index in [0.717, 1.165) is 11.4 Å². The zero-order chi connectivity index (χ0) is 19.8. The van der Waals surface area contributed by atoms with Crippen LogP contribution < -0.4 is 0 Å². The third-order valence-electron chi connectivity index (χ3n) is 4.17. The van der Waals surface area contributed by atoms with Gasteiger partial charge in [0.25, 0.3) is 7.45 Å². The molecule has 1 aliphatic rings. The van der Waals surface area contributed by atoms with Gasteiger partial charge in [0.05, 0.1) is 12.0 Å². The van der Waals surface area contributed by atoms with Crippen LogP contribution in [0.25, 0.3) is 11.0 Å². The number of aliphatic hydroxyl groups is 1. The minimum Gasteiger partial charge on any atom is -0.432 e. The van der Waals surface area contributed by atoms with Crippen LogP contribution in [0, 0.1) is 3.57 Å². The van der Waals surface area contributed by atoms with E-state index in [1.165, 1.54) is 6.33 Å². The molecule has 0 bridgehead atoms. The van der Waals surface area contributed by atoms with Crippen LogP contribution in [0.4, 0.5) is 0 Å². The molecule has 2 aromatic heterocycles. The van der Waals surface area contributed by atoms with Crippen molar-refractivity contribution in [3.63, 3.8) is 0 Å².